The van der Waals surface area contributed by atoms with Crippen LogP contribution in [0.25, 0.3) is 0 Å². The summed E-state index contributed by atoms with van der Waals surface area (Å²) < 4.78 is 31.7. The second-order valence-corrected chi connectivity index (χ2v) is 9.83. The molecule has 0 saturated carbocycles. The third kappa shape index (κ3) is 5.50. The Bertz CT molecular complexity index is 728. The average Bonchev–Trinajstić information content (AvgIpc) is 3.21. The van der Waals surface area contributed by atoms with E-state index in [2.05, 4.69) is 5.32 Å². The Morgan fingerprint density at radius 1 is 1.37 bits per heavy atom. The van der Waals surface area contributed by atoms with Crippen molar-refractivity contribution in [2.75, 3.05) is 39.8 Å². The van der Waals surface area contributed by atoms with E-state index in [1.165, 1.54) is 22.8 Å². The van der Waals surface area contributed by atoms with Crippen molar-refractivity contribution in [2.45, 2.75) is 30.5 Å². The van der Waals surface area contributed by atoms with Gasteiger partial charge in [0.2, 0.25) is 0 Å². The van der Waals surface area contributed by atoms with Gasteiger partial charge in [-0.05, 0) is 17.4 Å². The molecule has 1 aliphatic heterocycles. The second-order valence-electron chi connectivity index (χ2n) is 6.72. The number of esters is 1. The first-order valence-electron chi connectivity index (χ1n) is 9.04. The molecule has 1 aliphatic rings. The Hall–Kier alpha value is -1.49. The lowest BCUT2D eigenvalue weighted by atomic mass is 9.99. The number of carbonyl (C=O) groups excluding carboxylic acids is 2. The van der Waals surface area contributed by atoms with E-state index in [0.29, 0.717) is 30.4 Å². The predicted molar refractivity (Wildman–Crippen MR) is 102 cm³/mol. The zero-order valence-corrected chi connectivity index (χ0v) is 17.6. The maximum absolute atomic E-state index is 12.5. The first-order chi connectivity index (χ1) is 12.8. The largest absolute Gasteiger partial charge is 0.467 e. The van der Waals surface area contributed by atoms with Gasteiger partial charge in [-0.1, -0.05) is 26.3 Å². The molecule has 0 bridgehead atoms. The monoisotopic (exact) mass is 418 g/mol. The minimum absolute atomic E-state index is 0.0239. The number of piperazine rings is 1. The Balaban J connectivity index is 1.87. The Kier molecular flexibility index (Phi) is 7.78. The van der Waals surface area contributed by atoms with Crippen LogP contribution in [0.4, 0.5) is 0 Å². The van der Waals surface area contributed by atoms with E-state index in [-0.39, 0.29) is 18.4 Å². The summed E-state index contributed by atoms with van der Waals surface area (Å²) >= 11 is 1.21. The molecule has 0 aromatic carbocycles. The van der Waals surface area contributed by atoms with Crippen LogP contribution in [0.3, 0.4) is 0 Å². The Morgan fingerprint density at radius 3 is 2.56 bits per heavy atom. The lowest BCUT2D eigenvalue weighted by Gasteiger charge is -2.31. The number of amides is 1. The molecular weight excluding hydrogens is 390 g/mol. The molecular formula is C17H28N3O5S2+. The molecule has 0 spiro atoms. The van der Waals surface area contributed by atoms with Crippen molar-refractivity contribution in [1.29, 1.82) is 0 Å². The van der Waals surface area contributed by atoms with Crippen molar-refractivity contribution in [3.05, 3.63) is 17.5 Å². The fraction of sp³-hybridized carbons (Fsp3) is 0.647. The van der Waals surface area contributed by atoms with Gasteiger partial charge in [0.15, 0.2) is 6.54 Å². The highest BCUT2D eigenvalue weighted by atomic mass is 32.2. The number of methoxy groups -OCH3 is 1. The highest BCUT2D eigenvalue weighted by molar-refractivity contribution is 7.91. The topological polar surface area (TPSA) is 97.2 Å². The second kappa shape index (κ2) is 9.63. The molecule has 10 heteroatoms. The standard InChI is InChI=1S/C17H27N3O5S2/c1-4-13(2)16(17(22)25-3)18-14(21)12-19-7-9-20(10-8-19)27(23,24)15-6-5-11-26-15/h5-6,11,13,16H,4,7-10,12H2,1-3H3,(H,18,21)/p+1/t13-,16+/m0/s1. The Labute approximate surface area is 164 Å². The summed E-state index contributed by atoms with van der Waals surface area (Å²) in [7, 11) is -2.13. The van der Waals surface area contributed by atoms with E-state index in [1.807, 2.05) is 13.8 Å². The van der Waals surface area contributed by atoms with Gasteiger partial charge < -0.3 is 15.0 Å². The molecule has 1 amide bonds. The molecule has 27 heavy (non-hydrogen) atoms. The van der Waals surface area contributed by atoms with Crippen LogP contribution in [0.5, 0.6) is 0 Å². The van der Waals surface area contributed by atoms with Gasteiger partial charge in [0, 0.05) is 0 Å². The minimum Gasteiger partial charge on any atom is -0.467 e. The molecule has 152 valence electrons. The number of nitrogens with zero attached hydrogens (tertiary/aromatic N) is 1. The number of rotatable bonds is 8. The highest BCUT2D eigenvalue weighted by Gasteiger charge is 2.33. The third-order valence-electron chi connectivity index (χ3n) is 4.91. The van der Waals surface area contributed by atoms with E-state index < -0.39 is 22.0 Å². The van der Waals surface area contributed by atoms with Crippen LogP contribution in [-0.4, -0.2) is 70.5 Å². The molecule has 0 aliphatic carbocycles. The zero-order valence-electron chi connectivity index (χ0n) is 15.9. The van der Waals surface area contributed by atoms with Crippen molar-refractivity contribution >= 4 is 33.2 Å². The van der Waals surface area contributed by atoms with Gasteiger partial charge in [-0.2, -0.15) is 4.31 Å². The van der Waals surface area contributed by atoms with Crippen LogP contribution in [0.2, 0.25) is 0 Å². The fourth-order valence-electron chi connectivity index (χ4n) is 3.00. The van der Waals surface area contributed by atoms with Gasteiger partial charge >= 0.3 is 5.97 Å². The van der Waals surface area contributed by atoms with Crippen LogP contribution < -0.4 is 10.2 Å². The number of thiophene rings is 1. The minimum atomic E-state index is -3.44. The maximum Gasteiger partial charge on any atom is 0.328 e. The number of carbonyl (C=O) groups is 2. The number of quaternary nitrogens is 1. The van der Waals surface area contributed by atoms with Gasteiger partial charge in [-0.3, -0.25) is 4.79 Å². The van der Waals surface area contributed by atoms with Crippen molar-refractivity contribution < 1.29 is 27.6 Å². The van der Waals surface area contributed by atoms with Gasteiger partial charge in [0.1, 0.15) is 10.3 Å². The van der Waals surface area contributed by atoms with Crippen molar-refractivity contribution in [3.63, 3.8) is 0 Å². The summed E-state index contributed by atoms with van der Waals surface area (Å²) in [5.74, 6) is -0.695. The molecule has 1 aromatic heterocycles. The SMILES string of the molecule is CC[C@H](C)[C@@H](NC(=O)C[NH+]1CCN(S(=O)(=O)c2cccs2)CC1)C(=O)OC. The summed E-state index contributed by atoms with van der Waals surface area (Å²) in [5, 5.41) is 4.51. The average molecular weight is 419 g/mol. The van der Waals surface area contributed by atoms with Gasteiger partial charge in [-0.15, -0.1) is 11.3 Å². The summed E-state index contributed by atoms with van der Waals surface area (Å²) in [5.41, 5.74) is 0. The van der Waals surface area contributed by atoms with E-state index in [1.54, 1.807) is 17.5 Å². The summed E-state index contributed by atoms with van der Waals surface area (Å²) in [4.78, 5) is 25.2. The highest BCUT2D eigenvalue weighted by Crippen LogP contribution is 2.20. The van der Waals surface area contributed by atoms with E-state index >= 15 is 0 Å². The lowest BCUT2D eigenvalue weighted by Crippen LogP contribution is -3.15. The van der Waals surface area contributed by atoms with Crippen LogP contribution in [0.1, 0.15) is 20.3 Å². The number of hydrogen-bond acceptors (Lipinski definition) is 6. The summed E-state index contributed by atoms with van der Waals surface area (Å²) in [6.45, 7) is 5.88. The number of sulfonamides is 1. The maximum atomic E-state index is 12.5. The molecule has 8 nitrogen and oxygen atoms in total. The summed E-state index contributed by atoms with van der Waals surface area (Å²) in [6, 6.07) is 2.67. The molecule has 2 rings (SSSR count). The van der Waals surface area contributed by atoms with Crippen molar-refractivity contribution in [2.24, 2.45) is 5.92 Å². The van der Waals surface area contributed by atoms with Gasteiger partial charge in [0.05, 0.1) is 33.3 Å². The lowest BCUT2D eigenvalue weighted by molar-refractivity contribution is -0.895. The molecule has 1 saturated heterocycles. The van der Waals surface area contributed by atoms with E-state index in [9.17, 15) is 18.0 Å². The third-order valence-corrected chi connectivity index (χ3v) is 8.19. The van der Waals surface area contributed by atoms with E-state index in [0.717, 1.165) is 11.3 Å². The predicted octanol–water partition coefficient (Wildman–Crippen LogP) is -0.659. The quantitative estimate of drug-likeness (QED) is 0.547. The number of nitrogens with one attached hydrogen (secondary N) is 2. The smallest absolute Gasteiger partial charge is 0.328 e. The molecule has 0 unspecified atom stereocenters. The first kappa shape index (κ1) is 21.8. The zero-order chi connectivity index (χ0) is 20.0. The molecule has 1 aromatic rings. The summed E-state index contributed by atoms with van der Waals surface area (Å²) in [6.07, 6.45) is 0.742. The Morgan fingerprint density at radius 2 is 2.04 bits per heavy atom. The first-order valence-corrected chi connectivity index (χ1v) is 11.4. The molecule has 2 heterocycles. The number of hydrogen-bond donors (Lipinski definition) is 2. The van der Waals surface area contributed by atoms with E-state index in [4.69, 9.17) is 4.74 Å². The van der Waals surface area contributed by atoms with Crippen LogP contribution >= 0.6 is 11.3 Å². The fourth-order valence-corrected chi connectivity index (χ4v) is 5.59. The molecule has 1 fully saturated rings. The molecule has 0 radical (unpaired) electrons. The normalized spacial score (nSPS) is 18.6. The van der Waals surface area contributed by atoms with Crippen LogP contribution in [-0.2, 0) is 24.3 Å². The van der Waals surface area contributed by atoms with Crippen molar-refractivity contribution in [3.8, 4) is 0 Å². The van der Waals surface area contributed by atoms with Gasteiger partial charge in [0.25, 0.3) is 15.9 Å². The number of ether oxygens (including phenoxy) is 1. The molecule has 2 atom stereocenters. The molecule has 2 N–H and O–H groups in total. The van der Waals surface area contributed by atoms with Gasteiger partial charge in [-0.25, -0.2) is 13.2 Å². The van der Waals surface area contributed by atoms with Crippen LogP contribution in [0.15, 0.2) is 21.7 Å². The van der Waals surface area contributed by atoms with Crippen molar-refractivity contribution in [1.82, 2.24) is 9.62 Å². The van der Waals surface area contributed by atoms with Crippen LogP contribution in [0, 0.1) is 5.92 Å².